The van der Waals surface area contributed by atoms with E-state index in [4.69, 9.17) is 11.6 Å². The van der Waals surface area contributed by atoms with E-state index in [-0.39, 0.29) is 25.1 Å². The van der Waals surface area contributed by atoms with Gasteiger partial charge in [-0.1, -0.05) is 42.8 Å². The molecule has 16 heteroatoms. The van der Waals surface area contributed by atoms with Gasteiger partial charge in [-0.2, -0.15) is 39.5 Å². The Bertz CT molecular complexity index is 1360. The third-order valence-electron chi connectivity index (χ3n) is 5.30. The molecule has 0 bridgehead atoms. The topological polar surface area (TPSA) is 51.2 Å². The molecule has 0 radical (unpaired) electrons. The number of carbonyl (C=O) groups excluding carboxylic acids is 1. The predicted molar refractivity (Wildman–Crippen MR) is 139 cm³/mol. The minimum absolute atomic E-state index is 0.107. The molecular formula is C24H18Br2ClF9O3S. The van der Waals surface area contributed by atoms with Gasteiger partial charge < -0.3 is 0 Å². The summed E-state index contributed by atoms with van der Waals surface area (Å²) in [5.74, 6) is -7.91. The summed E-state index contributed by atoms with van der Waals surface area (Å²) in [6.45, 7) is 1.10. The number of ketones is 1. The zero-order chi connectivity index (χ0) is 30.8. The quantitative estimate of drug-likeness (QED) is 0.146. The molecule has 0 saturated carbocycles. The van der Waals surface area contributed by atoms with Crippen LogP contribution in [0.1, 0.15) is 46.3 Å². The van der Waals surface area contributed by atoms with Crippen molar-refractivity contribution in [3.8, 4) is 0 Å². The van der Waals surface area contributed by atoms with Crippen molar-refractivity contribution >= 4 is 65.2 Å². The van der Waals surface area contributed by atoms with Crippen molar-refractivity contribution in [2.24, 2.45) is 5.92 Å². The first-order valence-electron chi connectivity index (χ1n) is 10.9. The van der Waals surface area contributed by atoms with Crippen LogP contribution in [-0.4, -0.2) is 38.1 Å². The van der Waals surface area contributed by atoms with Crippen LogP contribution in [-0.2, 0) is 16.0 Å². The highest BCUT2D eigenvalue weighted by molar-refractivity contribution is 9.11. The van der Waals surface area contributed by atoms with Crippen LogP contribution in [0.3, 0.4) is 0 Å². The number of alkyl halides is 9. The summed E-state index contributed by atoms with van der Waals surface area (Å²) in [5.41, 5.74) is -3.00. The molecule has 0 saturated heterocycles. The highest BCUT2D eigenvalue weighted by atomic mass is 79.9. The van der Waals surface area contributed by atoms with Gasteiger partial charge in [-0.05, 0) is 67.1 Å². The first-order valence-corrected chi connectivity index (χ1v) is 14.7. The number of allylic oxidation sites excluding steroid dienone is 1. The summed E-state index contributed by atoms with van der Waals surface area (Å²) < 4.78 is 144. The van der Waals surface area contributed by atoms with Gasteiger partial charge in [0.25, 0.3) is 0 Å². The van der Waals surface area contributed by atoms with Crippen LogP contribution in [0.15, 0.2) is 45.4 Å². The van der Waals surface area contributed by atoms with Crippen molar-refractivity contribution < 1.29 is 52.7 Å². The third-order valence-corrected chi connectivity index (χ3v) is 9.26. The van der Waals surface area contributed by atoms with E-state index in [0.717, 1.165) is 37.3 Å². The molecule has 2 aromatic carbocycles. The van der Waals surface area contributed by atoms with Crippen molar-refractivity contribution in [1.82, 2.24) is 0 Å². The number of sulfone groups is 1. The Hall–Kier alpha value is -1.58. The molecule has 0 aliphatic carbocycles. The Labute approximate surface area is 244 Å². The van der Waals surface area contributed by atoms with E-state index in [9.17, 15) is 52.7 Å². The second kappa shape index (κ2) is 12.7. The number of rotatable bonds is 9. The maximum atomic E-state index is 13.8. The zero-order valence-corrected chi connectivity index (χ0v) is 24.7. The number of hydrogen-bond acceptors (Lipinski definition) is 3. The first-order chi connectivity index (χ1) is 18.0. The molecule has 0 aromatic heterocycles. The molecule has 2 rings (SSSR count). The van der Waals surface area contributed by atoms with Crippen LogP contribution < -0.4 is 0 Å². The Kier molecular flexibility index (Phi) is 11.0. The lowest BCUT2D eigenvalue weighted by Gasteiger charge is -2.19. The van der Waals surface area contributed by atoms with E-state index in [0.29, 0.717) is 12.1 Å². The molecule has 0 aliphatic heterocycles. The summed E-state index contributed by atoms with van der Waals surface area (Å²) in [6, 6.07) is 4.35. The molecule has 2 aromatic rings. The van der Waals surface area contributed by atoms with Crippen molar-refractivity contribution in [3.05, 3.63) is 72.6 Å². The van der Waals surface area contributed by atoms with Crippen molar-refractivity contribution in [3.63, 3.8) is 0 Å². The van der Waals surface area contributed by atoms with E-state index in [1.807, 2.05) is 0 Å². The Morgan fingerprint density at radius 1 is 0.975 bits per heavy atom. The minimum Gasteiger partial charge on any atom is -0.294 e. The van der Waals surface area contributed by atoms with E-state index in [1.165, 1.54) is 0 Å². The van der Waals surface area contributed by atoms with Crippen molar-refractivity contribution in [2.45, 2.75) is 37.8 Å². The Morgan fingerprint density at radius 3 is 2.00 bits per heavy atom. The molecule has 2 atom stereocenters. The summed E-state index contributed by atoms with van der Waals surface area (Å²) in [5, 5.41) is 0.107. The maximum absolute atomic E-state index is 13.8. The predicted octanol–water partition coefficient (Wildman–Crippen LogP) is 9.43. The lowest BCUT2D eigenvalue weighted by molar-refractivity contribution is -0.139. The zero-order valence-electron chi connectivity index (χ0n) is 20.0. The summed E-state index contributed by atoms with van der Waals surface area (Å²) in [6.07, 6.45) is -14.4. The average Bonchev–Trinajstić information content (AvgIpc) is 2.73. The number of benzene rings is 2. The van der Waals surface area contributed by atoms with Gasteiger partial charge in [0.1, 0.15) is 5.75 Å². The van der Waals surface area contributed by atoms with Gasteiger partial charge in [0.2, 0.25) is 0 Å². The molecular weight excluding hydrogens is 735 g/mol. The monoisotopic (exact) mass is 750 g/mol. The summed E-state index contributed by atoms with van der Waals surface area (Å²) in [4.78, 5) is 12.6. The molecule has 222 valence electrons. The largest absolute Gasteiger partial charge is 0.417 e. The maximum Gasteiger partial charge on any atom is 0.417 e. The molecule has 0 heterocycles. The number of halogens is 12. The Balaban J connectivity index is 2.39. The van der Waals surface area contributed by atoms with Crippen molar-refractivity contribution in [1.29, 1.82) is 0 Å². The van der Waals surface area contributed by atoms with Crippen molar-refractivity contribution in [2.75, 3.05) is 11.5 Å². The summed E-state index contributed by atoms with van der Waals surface area (Å²) in [7, 11) is -4.68. The third kappa shape index (κ3) is 10.1. The molecule has 40 heavy (non-hydrogen) atoms. The van der Waals surface area contributed by atoms with Gasteiger partial charge in [0.05, 0.1) is 22.3 Å². The van der Waals surface area contributed by atoms with Crippen LogP contribution in [0.25, 0.3) is 6.08 Å². The highest BCUT2D eigenvalue weighted by Gasteiger charge is 2.40. The number of carbonyl (C=O) groups is 1. The van der Waals surface area contributed by atoms with Crippen LogP contribution in [0, 0.1) is 5.92 Å². The van der Waals surface area contributed by atoms with E-state index in [1.54, 1.807) is 0 Å². The molecule has 0 amide bonds. The fourth-order valence-electron chi connectivity index (χ4n) is 3.74. The molecule has 0 fully saturated rings. The lowest BCUT2D eigenvalue weighted by Crippen LogP contribution is -2.28. The van der Waals surface area contributed by atoms with E-state index >= 15 is 0 Å². The van der Waals surface area contributed by atoms with Crippen LogP contribution >= 0.6 is 43.5 Å². The second-order valence-electron chi connectivity index (χ2n) is 8.88. The smallest absolute Gasteiger partial charge is 0.294 e. The standard InChI is InChI=1S/C24H18Br2ClF9O3S/c1-12(10-40(38,39)11-22(28,29)30)6-20(37)15-4-2-13(7-17(15)24(34,35)36)3-5-16(23(31,32)33)14-8-18(25)21(27)19(26)9-14/h2-5,7-9,12,16H,6,10-11H2,1H3/b5-3+/t12-,16?/m0/s1. The van der Waals surface area contributed by atoms with Crippen LogP contribution in [0.2, 0.25) is 5.02 Å². The lowest BCUT2D eigenvalue weighted by atomic mass is 9.93. The second-order valence-corrected chi connectivity index (χ2v) is 13.1. The number of hydrogen-bond donors (Lipinski definition) is 0. The molecule has 1 unspecified atom stereocenters. The number of Topliss-reactive ketones (excluding diaryl/α,β-unsaturated/α-hetero) is 1. The minimum atomic E-state index is -5.13. The molecule has 0 aliphatic rings. The first kappa shape index (κ1) is 34.6. The molecule has 0 N–H and O–H groups in total. The van der Waals surface area contributed by atoms with Crippen LogP contribution in [0.4, 0.5) is 39.5 Å². The van der Waals surface area contributed by atoms with E-state index in [2.05, 4.69) is 31.9 Å². The fraction of sp³-hybridized carbons (Fsp3) is 0.375. The molecule has 0 spiro atoms. The van der Waals surface area contributed by atoms with Gasteiger partial charge in [0, 0.05) is 20.9 Å². The fourth-order valence-corrected chi connectivity index (χ4v) is 6.67. The molecule has 3 nitrogen and oxygen atoms in total. The average molecular weight is 753 g/mol. The van der Waals surface area contributed by atoms with Crippen LogP contribution in [0.5, 0.6) is 0 Å². The normalized spacial score (nSPS) is 14.9. The van der Waals surface area contributed by atoms with Gasteiger partial charge in [0.15, 0.2) is 15.6 Å². The van der Waals surface area contributed by atoms with Gasteiger partial charge in [-0.25, -0.2) is 8.42 Å². The van der Waals surface area contributed by atoms with E-state index < -0.39 is 75.0 Å². The summed E-state index contributed by atoms with van der Waals surface area (Å²) >= 11 is 12.0. The highest BCUT2D eigenvalue weighted by Crippen LogP contribution is 2.41. The van der Waals surface area contributed by atoms with Gasteiger partial charge >= 0.3 is 18.5 Å². The Morgan fingerprint density at radius 2 is 1.52 bits per heavy atom. The van der Waals surface area contributed by atoms with Gasteiger partial charge in [-0.3, -0.25) is 4.79 Å². The van der Waals surface area contributed by atoms with Gasteiger partial charge in [-0.15, -0.1) is 0 Å². The SMILES string of the molecule is C[C@@H](CC(=O)c1ccc(/C=C/C(c2cc(Br)c(Cl)c(Br)c2)C(F)(F)F)cc1C(F)(F)F)CS(=O)(=O)CC(F)(F)F.